The number of benzene rings is 1. The van der Waals surface area contributed by atoms with Crippen LogP contribution in [0.1, 0.15) is 37.2 Å². The van der Waals surface area contributed by atoms with Gasteiger partial charge in [0.15, 0.2) is 0 Å². The third-order valence-corrected chi connectivity index (χ3v) is 4.59. The summed E-state index contributed by atoms with van der Waals surface area (Å²) in [7, 11) is 0. The van der Waals surface area contributed by atoms with E-state index in [4.69, 9.17) is 0 Å². The van der Waals surface area contributed by atoms with Gasteiger partial charge in [0.2, 0.25) is 5.91 Å². The molecule has 1 saturated heterocycles. The first-order valence-electron chi connectivity index (χ1n) is 6.67. The molecule has 1 aromatic rings. The standard InChI is InChI=1S/C14H16N2O3/c17-13-14(7-3-4-8-14)11(9-15-13)10-5-1-2-6-12(10)16(18)19/h1-2,5-6,11H,3-4,7-9H2,(H,15,17)/t11-/m0/s1. The Bertz CT molecular complexity index is 535. The van der Waals surface area contributed by atoms with Gasteiger partial charge in [-0.3, -0.25) is 14.9 Å². The molecule has 1 heterocycles. The van der Waals surface area contributed by atoms with Gasteiger partial charge in [0.05, 0.1) is 10.3 Å². The summed E-state index contributed by atoms with van der Waals surface area (Å²) in [6.45, 7) is 0.518. The van der Waals surface area contributed by atoms with Crippen LogP contribution in [0.15, 0.2) is 24.3 Å². The van der Waals surface area contributed by atoms with Crippen molar-refractivity contribution in [3.63, 3.8) is 0 Å². The van der Waals surface area contributed by atoms with Crippen molar-refractivity contribution in [2.24, 2.45) is 5.41 Å². The predicted octanol–water partition coefficient (Wildman–Crippen LogP) is 2.37. The number of carbonyl (C=O) groups is 1. The summed E-state index contributed by atoms with van der Waals surface area (Å²) in [6, 6.07) is 6.81. The second kappa shape index (κ2) is 4.33. The van der Waals surface area contributed by atoms with Crippen LogP contribution in [-0.2, 0) is 4.79 Å². The second-order valence-corrected chi connectivity index (χ2v) is 5.44. The highest BCUT2D eigenvalue weighted by molar-refractivity contribution is 5.87. The highest BCUT2D eigenvalue weighted by atomic mass is 16.6. The Hall–Kier alpha value is -1.91. The Morgan fingerprint density at radius 1 is 1.26 bits per heavy atom. The summed E-state index contributed by atoms with van der Waals surface area (Å²) in [5.74, 6) is 0.0113. The van der Waals surface area contributed by atoms with Crippen LogP contribution in [-0.4, -0.2) is 17.4 Å². The highest BCUT2D eigenvalue weighted by Gasteiger charge is 2.53. The quantitative estimate of drug-likeness (QED) is 0.655. The zero-order valence-electron chi connectivity index (χ0n) is 10.6. The molecule has 1 saturated carbocycles. The Morgan fingerprint density at radius 3 is 2.63 bits per heavy atom. The summed E-state index contributed by atoms with van der Waals surface area (Å²) in [5.41, 5.74) is 0.426. The number of amides is 1. The molecule has 100 valence electrons. The first-order valence-corrected chi connectivity index (χ1v) is 6.67. The van der Waals surface area contributed by atoms with Crippen molar-refractivity contribution in [2.75, 3.05) is 6.54 Å². The Morgan fingerprint density at radius 2 is 1.95 bits per heavy atom. The fourth-order valence-electron chi connectivity index (χ4n) is 3.66. The average molecular weight is 260 g/mol. The van der Waals surface area contributed by atoms with E-state index in [0.29, 0.717) is 12.1 Å². The molecule has 5 nitrogen and oxygen atoms in total. The number of nitrogens with zero attached hydrogens (tertiary/aromatic N) is 1. The van der Waals surface area contributed by atoms with Gasteiger partial charge in [-0.2, -0.15) is 0 Å². The van der Waals surface area contributed by atoms with E-state index in [1.54, 1.807) is 12.1 Å². The molecule has 0 radical (unpaired) electrons. The van der Waals surface area contributed by atoms with Crippen LogP contribution in [0.3, 0.4) is 0 Å². The Kier molecular flexibility index (Phi) is 2.77. The van der Waals surface area contributed by atoms with Crippen molar-refractivity contribution in [2.45, 2.75) is 31.6 Å². The smallest absolute Gasteiger partial charge is 0.272 e. The molecule has 1 aliphatic carbocycles. The third kappa shape index (κ3) is 1.72. The average Bonchev–Trinajstić information content (AvgIpc) is 3.00. The van der Waals surface area contributed by atoms with Crippen molar-refractivity contribution in [3.8, 4) is 0 Å². The minimum absolute atomic E-state index is 0.0656. The van der Waals surface area contributed by atoms with Crippen LogP contribution >= 0.6 is 0 Å². The molecule has 0 bridgehead atoms. The van der Waals surface area contributed by atoms with E-state index >= 15 is 0 Å². The molecule has 1 spiro atoms. The number of nitrogens with one attached hydrogen (secondary N) is 1. The van der Waals surface area contributed by atoms with Crippen molar-refractivity contribution in [3.05, 3.63) is 39.9 Å². The molecule has 1 aromatic carbocycles. The summed E-state index contributed by atoms with van der Waals surface area (Å²) in [6.07, 6.45) is 3.75. The molecule has 2 fully saturated rings. The summed E-state index contributed by atoms with van der Waals surface area (Å²) < 4.78 is 0. The molecule has 19 heavy (non-hydrogen) atoms. The maximum atomic E-state index is 12.2. The zero-order chi connectivity index (χ0) is 13.5. The van der Waals surface area contributed by atoms with Crippen molar-refractivity contribution < 1.29 is 9.72 Å². The lowest BCUT2D eigenvalue weighted by Gasteiger charge is -2.27. The summed E-state index contributed by atoms with van der Waals surface area (Å²) in [4.78, 5) is 23.0. The Balaban J connectivity index is 2.07. The van der Waals surface area contributed by atoms with Crippen LogP contribution in [0.2, 0.25) is 0 Å². The van der Waals surface area contributed by atoms with E-state index in [9.17, 15) is 14.9 Å². The predicted molar refractivity (Wildman–Crippen MR) is 69.7 cm³/mol. The van der Waals surface area contributed by atoms with Gasteiger partial charge in [-0.1, -0.05) is 31.0 Å². The number of nitro benzene ring substituents is 1. The number of hydrogen-bond acceptors (Lipinski definition) is 3. The fraction of sp³-hybridized carbons (Fsp3) is 0.500. The molecule has 1 N–H and O–H groups in total. The van der Waals surface area contributed by atoms with Crippen LogP contribution in [0.25, 0.3) is 0 Å². The van der Waals surface area contributed by atoms with E-state index in [-0.39, 0.29) is 22.4 Å². The number of rotatable bonds is 2. The van der Waals surface area contributed by atoms with Gasteiger partial charge in [-0.05, 0) is 12.8 Å². The van der Waals surface area contributed by atoms with Crippen molar-refractivity contribution in [1.82, 2.24) is 5.32 Å². The monoisotopic (exact) mass is 260 g/mol. The van der Waals surface area contributed by atoms with Crippen LogP contribution in [0.5, 0.6) is 0 Å². The summed E-state index contributed by atoms with van der Waals surface area (Å²) in [5, 5.41) is 14.1. The van der Waals surface area contributed by atoms with Gasteiger partial charge in [-0.15, -0.1) is 0 Å². The molecule has 5 heteroatoms. The second-order valence-electron chi connectivity index (χ2n) is 5.44. The van der Waals surface area contributed by atoms with E-state index in [2.05, 4.69) is 5.32 Å². The van der Waals surface area contributed by atoms with Gasteiger partial charge < -0.3 is 5.32 Å². The maximum Gasteiger partial charge on any atom is 0.272 e. The fourth-order valence-corrected chi connectivity index (χ4v) is 3.66. The van der Waals surface area contributed by atoms with Crippen LogP contribution in [0, 0.1) is 15.5 Å². The van der Waals surface area contributed by atoms with Crippen molar-refractivity contribution >= 4 is 11.6 Å². The van der Waals surface area contributed by atoms with Crippen molar-refractivity contribution in [1.29, 1.82) is 0 Å². The highest BCUT2D eigenvalue weighted by Crippen LogP contribution is 2.52. The first-order chi connectivity index (χ1) is 9.15. The first kappa shape index (κ1) is 12.1. The number of hydrogen-bond donors (Lipinski definition) is 1. The summed E-state index contributed by atoms with van der Waals surface area (Å²) >= 11 is 0. The zero-order valence-corrected chi connectivity index (χ0v) is 10.6. The topological polar surface area (TPSA) is 72.2 Å². The minimum atomic E-state index is -0.411. The van der Waals surface area contributed by atoms with Gasteiger partial charge in [0.1, 0.15) is 0 Å². The molecular formula is C14H16N2O3. The third-order valence-electron chi connectivity index (χ3n) is 4.59. The Labute approximate surface area is 111 Å². The van der Waals surface area contributed by atoms with Gasteiger partial charge in [0, 0.05) is 24.1 Å². The SMILES string of the molecule is O=C1NC[C@@H](c2ccccc2[N+](=O)[O-])C12CCCC2. The van der Waals surface area contributed by atoms with Gasteiger partial charge in [-0.25, -0.2) is 0 Å². The molecule has 3 rings (SSSR count). The molecule has 2 aliphatic rings. The normalized spacial score (nSPS) is 24.6. The lowest BCUT2D eigenvalue weighted by Crippen LogP contribution is -2.31. The molecule has 0 unspecified atom stereocenters. The number of nitro groups is 1. The van der Waals surface area contributed by atoms with E-state index < -0.39 is 5.41 Å². The lowest BCUT2D eigenvalue weighted by atomic mass is 9.72. The van der Waals surface area contributed by atoms with Gasteiger partial charge >= 0.3 is 0 Å². The molecule has 0 aromatic heterocycles. The molecule has 1 aliphatic heterocycles. The minimum Gasteiger partial charge on any atom is -0.355 e. The number of carbonyl (C=O) groups excluding carboxylic acids is 1. The maximum absolute atomic E-state index is 12.2. The van der Waals surface area contributed by atoms with Gasteiger partial charge in [0.25, 0.3) is 5.69 Å². The van der Waals surface area contributed by atoms with E-state index in [1.165, 1.54) is 6.07 Å². The molecular weight excluding hydrogens is 244 g/mol. The number of para-hydroxylation sites is 1. The largest absolute Gasteiger partial charge is 0.355 e. The van der Waals surface area contributed by atoms with Crippen LogP contribution in [0.4, 0.5) is 5.69 Å². The molecule has 1 amide bonds. The van der Waals surface area contributed by atoms with Crippen LogP contribution < -0.4 is 5.32 Å². The lowest BCUT2D eigenvalue weighted by molar-refractivity contribution is -0.385. The molecule has 1 atom stereocenters. The van der Waals surface area contributed by atoms with E-state index in [0.717, 1.165) is 25.7 Å². The van der Waals surface area contributed by atoms with E-state index in [1.807, 2.05) is 6.07 Å².